The highest BCUT2D eigenvalue weighted by atomic mass is 32.2. The molecule has 2 N–H and O–H groups in total. The Morgan fingerprint density at radius 3 is 2.04 bits per heavy atom. The molecule has 136 valence electrons. The summed E-state index contributed by atoms with van der Waals surface area (Å²) in [6.45, 7) is 3.28. The van der Waals surface area contributed by atoms with Crippen LogP contribution in [0.1, 0.15) is 12.0 Å². The maximum absolute atomic E-state index is 10.5. The largest absolute Gasteiger partial charge is 0.362 e. The lowest BCUT2D eigenvalue weighted by molar-refractivity contribution is 0.296. The minimum absolute atomic E-state index is 0.0666. The van der Waals surface area contributed by atoms with E-state index in [9.17, 15) is 16.8 Å². The highest BCUT2D eigenvalue weighted by Gasteiger charge is 2.10. The van der Waals surface area contributed by atoms with Crippen molar-refractivity contribution in [1.82, 2.24) is 9.80 Å². The first-order valence-electron chi connectivity index (χ1n) is 7.09. The Bertz CT molecular complexity index is 757. The van der Waals surface area contributed by atoms with Crippen LogP contribution in [0.3, 0.4) is 0 Å². The maximum atomic E-state index is 10.5. The fourth-order valence-electron chi connectivity index (χ4n) is 1.89. The fraction of sp³-hybridized carbons (Fsp3) is 0.429. The van der Waals surface area contributed by atoms with Crippen molar-refractivity contribution in [1.29, 1.82) is 0 Å². The smallest absolute Gasteiger partial charge is 0.294 e. The fourth-order valence-corrected chi connectivity index (χ4v) is 2.87. The topological polar surface area (TPSA) is 115 Å². The van der Waals surface area contributed by atoms with Crippen molar-refractivity contribution in [2.75, 3.05) is 26.0 Å². The van der Waals surface area contributed by atoms with E-state index in [2.05, 4.69) is 0 Å². The van der Waals surface area contributed by atoms with Gasteiger partial charge in [0.25, 0.3) is 20.2 Å². The molecular formula is C14H22N2O6S2. The summed E-state index contributed by atoms with van der Waals surface area (Å²) in [7, 11) is -5.87. The summed E-state index contributed by atoms with van der Waals surface area (Å²) in [5, 5.41) is 0. The van der Waals surface area contributed by atoms with Gasteiger partial charge in [-0.3, -0.25) is 9.11 Å². The summed E-state index contributed by atoms with van der Waals surface area (Å²) < 4.78 is 58.8. The molecule has 1 heterocycles. The monoisotopic (exact) mass is 378 g/mol. The summed E-state index contributed by atoms with van der Waals surface area (Å²) in [6, 6.07) is 5.99. The van der Waals surface area contributed by atoms with Gasteiger partial charge in [-0.25, -0.2) is 0 Å². The minimum atomic E-state index is -4.02. The Kier molecular flexibility index (Phi) is 7.21. The second-order valence-corrected chi connectivity index (χ2v) is 8.43. The first-order chi connectivity index (χ1) is 11.0. The standard InChI is InChI=1S/C7H14N2O3S.C7H8O3S/c1-8-4-5-9(7-8)3-2-6-13(10,11)12;1-6-2-4-7(5-3-6)11(8,9)10/h4-5H,2-3,6-7H2,1H3,(H,10,11,12);2-5H,1H3,(H,8,9,10). The molecule has 0 saturated heterocycles. The lowest BCUT2D eigenvalue weighted by Crippen LogP contribution is -2.24. The zero-order chi connectivity index (χ0) is 18.4. The van der Waals surface area contributed by atoms with E-state index in [-0.39, 0.29) is 10.6 Å². The molecule has 0 aromatic heterocycles. The summed E-state index contributed by atoms with van der Waals surface area (Å²) >= 11 is 0. The number of rotatable bonds is 5. The van der Waals surface area contributed by atoms with Crippen molar-refractivity contribution in [3.05, 3.63) is 42.2 Å². The van der Waals surface area contributed by atoms with Gasteiger partial charge in [0.2, 0.25) is 0 Å². The average Bonchev–Trinajstić information content (AvgIpc) is 2.83. The Morgan fingerprint density at radius 1 is 1.04 bits per heavy atom. The quantitative estimate of drug-likeness (QED) is 0.734. The van der Waals surface area contributed by atoms with Gasteiger partial charge in [-0.05, 0) is 25.5 Å². The van der Waals surface area contributed by atoms with Crippen LogP contribution in [-0.4, -0.2) is 61.8 Å². The van der Waals surface area contributed by atoms with Gasteiger partial charge in [0.1, 0.15) is 0 Å². The third kappa shape index (κ3) is 8.29. The molecule has 1 aromatic rings. The number of hydrogen-bond acceptors (Lipinski definition) is 6. The zero-order valence-corrected chi connectivity index (χ0v) is 15.2. The van der Waals surface area contributed by atoms with Crippen LogP contribution >= 0.6 is 0 Å². The summed E-state index contributed by atoms with van der Waals surface area (Å²) in [6.07, 6.45) is 4.29. The van der Waals surface area contributed by atoms with Crippen LogP contribution in [0.2, 0.25) is 0 Å². The maximum Gasteiger partial charge on any atom is 0.294 e. The molecule has 0 radical (unpaired) electrons. The molecule has 0 bridgehead atoms. The first-order valence-corrected chi connectivity index (χ1v) is 10.1. The highest BCUT2D eigenvalue weighted by molar-refractivity contribution is 7.86. The second kappa shape index (κ2) is 8.47. The van der Waals surface area contributed by atoms with Gasteiger partial charge >= 0.3 is 0 Å². The van der Waals surface area contributed by atoms with E-state index in [0.717, 1.165) is 12.2 Å². The molecule has 0 fully saturated rings. The summed E-state index contributed by atoms with van der Waals surface area (Å²) in [5.41, 5.74) is 0.956. The molecule has 2 rings (SSSR count). The van der Waals surface area contributed by atoms with Gasteiger partial charge < -0.3 is 9.80 Å². The van der Waals surface area contributed by atoms with Crippen LogP contribution in [0.25, 0.3) is 0 Å². The van der Waals surface area contributed by atoms with Gasteiger partial charge in [-0.1, -0.05) is 17.7 Å². The molecule has 8 nitrogen and oxygen atoms in total. The predicted molar refractivity (Wildman–Crippen MR) is 90.5 cm³/mol. The van der Waals surface area contributed by atoms with Crippen molar-refractivity contribution in [3.63, 3.8) is 0 Å². The predicted octanol–water partition coefficient (Wildman–Crippen LogP) is 1.18. The van der Waals surface area contributed by atoms with Gasteiger partial charge in [0, 0.05) is 26.0 Å². The SMILES string of the molecule is CN1C=CN(CCCS(=O)(=O)O)C1.Cc1ccc(S(=O)(=O)O)cc1. The van der Waals surface area contributed by atoms with E-state index in [0.29, 0.717) is 13.0 Å². The molecule has 24 heavy (non-hydrogen) atoms. The van der Waals surface area contributed by atoms with E-state index in [1.807, 2.05) is 36.2 Å². The van der Waals surface area contributed by atoms with Gasteiger partial charge in [-0.15, -0.1) is 0 Å². The molecular weight excluding hydrogens is 356 g/mol. The number of aryl methyl sites for hydroxylation is 1. The molecule has 0 aliphatic carbocycles. The Balaban J connectivity index is 0.000000243. The van der Waals surface area contributed by atoms with E-state index < -0.39 is 20.2 Å². The zero-order valence-electron chi connectivity index (χ0n) is 13.5. The molecule has 0 saturated carbocycles. The van der Waals surface area contributed by atoms with Crippen LogP contribution in [0.5, 0.6) is 0 Å². The molecule has 0 amide bonds. The highest BCUT2D eigenvalue weighted by Crippen LogP contribution is 2.08. The van der Waals surface area contributed by atoms with Gasteiger partial charge in [0.15, 0.2) is 0 Å². The third-order valence-electron chi connectivity index (χ3n) is 3.10. The number of benzene rings is 1. The van der Waals surface area contributed by atoms with Crippen molar-refractivity contribution in [2.45, 2.75) is 18.2 Å². The Morgan fingerprint density at radius 2 is 1.62 bits per heavy atom. The molecule has 0 spiro atoms. The average molecular weight is 378 g/mol. The summed E-state index contributed by atoms with van der Waals surface area (Å²) in [4.78, 5) is 3.92. The molecule has 1 aromatic carbocycles. The third-order valence-corrected chi connectivity index (χ3v) is 4.78. The van der Waals surface area contributed by atoms with E-state index >= 15 is 0 Å². The van der Waals surface area contributed by atoms with E-state index in [4.69, 9.17) is 9.11 Å². The molecule has 0 unspecified atom stereocenters. The van der Waals surface area contributed by atoms with Crippen molar-refractivity contribution in [3.8, 4) is 0 Å². The van der Waals surface area contributed by atoms with Crippen LogP contribution in [-0.2, 0) is 20.2 Å². The van der Waals surface area contributed by atoms with Crippen LogP contribution in [0.15, 0.2) is 41.6 Å². The van der Waals surface area contributed by atoms with E-state index in [1.165, 1.54) is 12.1 Å². The Labute approximate surface area is 142 Å². The lowest BCUT2D eigenvalue weighted by Gasteiger charge is -2.17. The van der Waals surface area contributed by atoms with E-state index in [1.54, 1.807) is 12.1 Å². The van der Waals surface area contributed by atoms with Crippen LogP contribution in [0.4, 0.5) is 0 Å². The van der Waals surface area contributed by atoms with Crippen LogP contribution < -0.4 is 0 Å². The van der Waals surface area contributed by atoms with Crippen molar-refractivity contribution in [2.24, 2.45) is 0 Å². The second-order valence-electron chi connectivity index (χ2n) is 5.44. The normalized spacial score (nSPS) is 14.5. The molecule has 1 aliphatic rings. The van der Waals surface area contributed by atoms with Crippen molar-refractivity contribution < 1.29 is 25.9 Å². The van der Waals surface area contributed by atoms with Gasteiger partial charge in [-0.2, -0.15) is 16.8 Å². The Hall–Kier alpha value is -1.62. The lowest BCUT2D eigenvalue weighted by atomic mass is 10.2. The molecule has 0 atom stereocenters. The first kappa shape index (κ1) is 20.4. The molecule has 10 heteroatoms. The number of hydrogen-bond donors (Lipinski definition) is 2. The minimum Gasteiger partial charge on any atom is -0.362 e. The van der Waals surface area contributed by atoms with Gasteiger partial charge in [0.05, 0.1) is 17.3 Å². The van der Waals surface area contributed by atoms with Crippen molar-refractivity contribution >= 4 is 20.2 Å². The summed E-state index contributed by atoms with van der Waals surface area (Å²) in [5.74, 6) is -0.166. The number of nitrogens with zero attached hydrogens (tertiary/aromatic N) is 2. The van der Waals surface area contributed by atoms with Crippen LogP contribution in [0, 0.1) is 6.92 Å². The molecule has 1 aliphatic heterocycles.